The Kier molecular flexibility index (Phi) is 4.96. The summed E-state index contributed by atoms with van der Waals surface area (Å²) in [6, 6.07) is 7.12. The molecule has 0 fully saturated rings. The lowest BCUT2D eigenvalue weighted by Gasteiger charge is -2.06. The summed E-state index contributed by atoms with van der Waals surface area (Å²) < 4.78 is 13.2. The number of hydrogen-bond donors (Lipinski definition) is 2. The lowest BCUT2D eigenvalue weighted by atomic mass is 10.1. The van der Waals surface area contributed by atoms with Gasteiger partial charge in [0.05, 0.1) is 17.8 Å². The van der Waals surface area contributed by atoms with Crippen LogP contribution in [0.3, 0.4) is 0 Å². The smallest absolute Gasteiger partial charge is 0.252 e. The van der Waals surface area contributed by atoms with Crippen molar-refractivity contribution in [3.8, 4) is 11.8 Å². The van der Waals surface area contributed by atoms with Crippen molar-refractivity contribution in [3.05, 3.63) is 59.2 Å². The molecule has 0 saturated carbocycles. The van der Waals surface area contributed by atoms with Crippen LogP contribution in [0.25, 0.3) is 0 Å². The van der Waals surface area contributed by atoms with E-state index in [2.05, 4.69) is 27.4 Å². The number of rotatable bonds is 3. The minimum atomic E-state index is -0.497. The molecule has 5 nitrogen and oxygen atoms in total. The van der Waals surface area contributed by atoms with E-state index in [4.69, 9.17) is 5.11 Å². The molecule has 21 heavy (non-hydrogen) atoms. The first-order valence-electron chi connectivity index (χ1n) is 6.15. The number of carbonyl (C=O) groups is 1. The summed E-state index contributed by atoms with van der Waals surface area (Å²) in [4.78, 5) is 12.1. The lowest BCUT2D eigenvalue weighted by molar-refractivity contribution is 0.0950. The van der Waals surface area contributed by atoms with E-state index >= 15 is 0 Å². The van der Waals surface area contributed by atoms with Gasteiger partial charge in [0.25, 0.3) is 5.91 Å². The molecule has 1 aromatic heterocycles. The number of aliphatic hydroxyl groups is 1. The van der Waals surface area contributed by atoms with Gasteiger partial charge in [-0.3, -0.25) is 4.79 Å². The van der Waals surface area contributed by atoms with E-state index in [9.17, 15) is 9.18 Å². The van der Waals surface area contributed by atoms with Crippen LogP contribution in [0.1, 0.15) is 21.6 Å². The number of nitrogens with zero attached hydrogens (tertiary/aromatic N) is 2. The molecule has 0 aliphatic carbocycles. The Morgan fingerprint density at radius 2 is 2.24 bits per heavy atom. The molecule has 0 atom stereocenters. The van der Waals surface area contributed by atoms with Crippen molar-refractivity contribution >= 4 is 5.91 Å². The number of nitrogens with one attached hydrogen (secondary N) is 1. The SMILES string of the molecule is O=C(NCc1cccnn1)c1ccc(F)cc1C#CCO. The zero-order chi connectivity index (χ0) is 15.1. The van der Waals surface area contributed by atoms with Crippen LogP contribution in [0.15, 0.2) is 36.5 Å². The quantitative estimate of drug-likeness (QED) is 0.821. The Morgan fingerprint density at radius 1 is 1.38 bits per heavy atom. The molecule has 0 aliphatic rings. The summed E-state index contributed by atoms with van der Waals surface area (Å²) >= 11 is 0. The van der Waals surface area contributed by atoms with Gasteiger partial charge in [0.2, 0.25) is 0 Å². The van der Waals surface area contributed by atoms with Crippen LogP contribution < -0.4 is 5.32 Å². The summed E-state index contributed by atoms with van der Waals surface area (Å²) in [5.41, 5.74) is 1.07. The summed E-state index contributed by atoms with van der Waals surface area (Å²) in [5, 5.41) is 18.9. The molecular weight excluding hydrogens is 273 g/mol. The molecule has 1 aromatic carbocycles. The third-order valence-corrected chi connectivity index (χ3v) is 2.59. The van der Waals surface area contributed by atoms with Gasteiger partial charge in [-0.05, 0) is 30.3 Å². The second-order valence-electron chi connectivity index (χ2n) is 4.05. The van der Waals surface area contributed by atoms with Gasteiger partial charge in [0.15, 0.2) is 0 Å². The van der Waals surface area contributed by atoms with Crippen molar-refractivity contribution in [2.75, 3.05) is 6.61 Å². The highest BCUT2D eigenvalue weighted by Crippen LogP contribution is 2.10. The van der Waals surface area contributed by atoms with Gasteiger partial charge in [0, 0.05) is 11.8 Å². The zero-order valence-electron chi connectivity index (χ0n) is 11.0. The number of benzene rings is 1. The molecule has 1 amide bonds. The Morgan fingerprint density at radius 3 is 2.95 bits per heavy atom. The van der Waals surface area contributed by atoms with Gasteiger partial charge in [0.1, 0.15) is 12.4 Å². The monoisotopic (exact) mass is 285 g/mol. The number of hydrogen-bond acceptors (Lipinski definition) is 4. The van der Waals surface area contributed by atoms with E-state index < -0.39 is 11.7 Å². The van der Waals surface area contributed by atoms with Crippen molar-refractivity contribution in [1.29, 1.82) is 0 Å². The van der Waals surface area contributed by atoms with Crippen molar-refractivity contribution < 1.29 is 14.3 Å². The Labute approximate surface area is 120 Å². The van der Waals surface area contributed by atoms with Crippen molar-refractivity contribution in [2.45, 2.75) is 6.54 Å². The third kappa shape index (κ3) is 4.09. The fraction of sp³-hybridized carbons (Fsp3) is 0.133. The van der Waals surface area contributed by atoms with E-state index in [1.165, 1.54) is 18.3 Å². The van der Waals surface area contributed by atoms with Crippen LogP contribution in [0.5, 0.6) is 0 Å². The van der Waals surface area contributed by atoms with Crippen LogP contribution in [0, 0.1) is 17.7 Å². The number of aliphatic hydroxyl groups excluding tert-OH is 1. The molecule has 6 heteroatoms. The average molecular weight is 285 g/mol. The van der Waals surface area contributed by atoms with Crippen LogP contribution in [-0.2, 0) is 6.54 Å². The summed E-state index contributed by atoms with van der Waals surface area (Å²) in [6.07, 6.45) is 1.54. The highest BCUT2D eigenvalue weighted by atomic mass is 19.1. The maximum Gasteiger partial charge on any atom is 0.252 e. The third-order valence-electron chi connectivity index (χ3n) is 2.59. The predicted molar refractivity (Wildman–Crippen MR) is 73.6 cm³/mol. The first-order chi connectivity index (χ1) is 10.2. The number of carbonyl (C=O) groups excluding carboxylic acids is 1. The Bertz CT molecular complexity index is 693. The fourth-order valence-electron chi connectivity index (χ4n) is 1.65. The normalized spacial score (nSPS) is 9.62. The first kappa shape index (κ1) is 14.6. The van der Waals surface area contributed by atoms with Crippen molar-refractivity contribution in [3.63, 3.8) is 0 Å². The molecule has 2 aromatic rings. The first-order valence-corrected chi connectivity index (χ1v) is 6.15. The van der Waals surface area contributed by atoms with E-state index in [1.54, 1.807) is 12.1 Å². The molecular formula is C15H12FN3O2. The van der Waals surface area contributed by atoms with E-state index in [0.29, 0.717) is 5.69 Å². The largest absolute Gasteiger partial charge is 0.384 e. The van der Waals surface area contributed by atoms with Gasteiger partial charge in [-0.2, -0.15) is 10.2 Å². The minimum Gasteiger partial charge on any atom is -0.384 e. The maximum absolute atomic E-state index is 13.2. The molecule has 1 heterocycles. The number of aromatic nitrogens is 2. The van der Waals surface area contributed by atoms with Crippen LogP contribution in [0.2, 0.25) is 0 Å². The molecule has 0 radical (unpaired) electrons. The average Bonchev–Trinajstić information content (AvgIpc) is 2.51. The Balaban J connectivity index is 2.15. The molecule has 0 aliphatic heterocycles. The zero-order valence-corrected chi connectivity index (χ0v) is 11.0. The topological polar surface area (TPSA) is 75.1 Å². The van der Waals surface area contributed by atoms with Gasteiger partial charge >= 0.3 is 0 Å². The summed E-state index contributed by atoms with van der Waals surface area (Å²) in [5.74, 6) is 4.05. The Hall–Kier alpha value is -2.78. The van der Waals surface area contributed by atoms with Gasteiger partial charge < -0.3 is 10.4 Å². The predicted octanol–water partition coefficient (Wildman–Crippen LogP) is 0.890. The standard InChI is InChI=1S/C15H12FN3O2/c16-12-5-6-14(11(9-12)3-2-8-20)15(21)17-10-13-4-1-7-18-19-13/h1,4-7,9,20H,8,10H2,(H,17,21). The molecule has 0 unspecified atom stereocenters. The molecule has 2 rings (SSSR count). The molecule has 2 N–H and O–H groups in total. The molecule has 106 valence electrons. The van der Waals surface area contributed by atoms with E-state index in [0.717, 1.165) is 6.07 Å². The highest BCUT2D eigenvalue weighted by molar-refractivity contribution is 5.96. The number of amides is 1. The van der Waals surface area contributed by atoms with Gasteiger partial charge in [-0.1, -0.05) is 11.8 Å². The summed E-state index contributed by atoms with van der Waals surface area (Å²) in [7, 11) is 0. The fourth-order valence-corrected chi connectivity index (χ4v) is 1.65. The lowest BCUT2D eigenvalue weighted by Crippen LogP contribution is -2.24. The van der Waals surface area contributed by atoms with E-state index in [1.807, 2.05) is 0 Å². The molecule has 0 spiro atoms. The molecule has 0 saturated heterocycles. The van der Waals surface area contributed by atoms with Crippen molar-refractivity contribution in [1.82, 2.24) is 15.5 Å². The maximum atomic E-state index is 13.2. The summed E-state index contributed by atoms with van der Waals surface area (Å²) in [6.45, 7) is -0.159. The van der Waals surface area contributed by atoms with Gasteiger partial charge in [-0.15, -0.1) is 0 Å². The molecule has 0 bridgehead atoms. The van der Waals surface area contributed by atoms with Gasteiger partial charge in [-0.25, -0.2) is 4.39 Å². The van der Waals surface area contributed by atoms with Crippen LogP contribution in [-0.4, -0.2) is 27.8 Å². The van der Waals surface area contributed by atoms with Crippen molar-refractivity contribution in [2.24, 2.45) is 0 Å². The van der Waals surface area contributed by atoms with Crippen LogP contribution in [0.4, 0.5) is 4.39 Å². The highest BCUT2D eigenvalue weighted by Gasteiger charge is 2.11. The number of halogens is 1. The second kappa shape index (κ2) is 7.12. The second-order valence-corrected chi connectivity index (χ2v) is 4.05. The minimum absolute atomic E-state index is 0.205. The van der Waals surface area contributed by atoms with E-state index in [-0.39, 0.29) is 24.3 Å². The van der Waals surface area contributed by atoms with Crippen LogP contribution >= 0.6 is 0 Å².